The van der Waals surface area contributed by atoms with Crippen molar-refractivity contribution in [2.45, 2.75) is 6.04 Å². The Morgan fingerprint density at radius 3 is 2.88 bits per heavy atom. The Bertz CT molecular complexity index is 532. The van der Waals surface area contributed by atoms with E-state index in [2.05, 4.69) is 25.4 Å². The minimum absolute atomic E-state index is 0.0284. The van der Waals surface area contributed by atoms with Crippen LogP contribution in [-0.2, 0) is 0 Å². The van der Waals surface area contributed by atoms with Crippen molar-refractivity contribution >= 4 is 22.4 Å². The summed E-state index contributed by atoms with van der Waals surface area (Å²) in [6.45, 7) is 1.50. The monoisotopic (exact) mass is 252 g/mol. The first kappa shape index (κ1) is 10.1. The maximum Gasteiger partial charge on any atom is 0.358 e. The van der Waals surface area contributed by atoms with Crippen LogP contribution >= 0.6 is 11.3 Å². The van der Waals surface area contributed by atoms with Crippen LogP contribution in [0.15, 0.2) is 11.7 Å². The van der Waals surface area contributed by atoms with Crippen LogP contribution in [0.2, 0.25) is 0 Å². The first-order valence-corrected chi connectivity index (χ1v) is 5.78. The summed E-state index contributed by atoms with van der Waals surface area (Å²) in [5, 5.41) is 24.7. The molecule has 3 heterocycles. The van der Waals surface area contributed by atoms with Crippen LogP contribution in [0.1, 0.15) is 16.5 Å². The smallest absolute Gasteiger partial charge is 0.358 e. The molecule has 0 radical (unpaired) electrons. The van der Waals surface area contributed by atoms with E-state index in [1.807, 2.05) is 0 Å². The summed E-state index contributed by atoms with van der Waals surface area (Å²) in [7, 11) is 0. The lowest BCUT2D eigenvalue weighted by Gasteiger charge is -2.38. The molecule has 0 aliphatic carbocycles. The Morgan fingerprint density at radius 1 is 1.47 bits per heavy atom. The lowest BCUT2D eigenvalue weighted by atomic mass is 10.1. The summed E-state index contributed by atoms with van der Waals surface area (Å²) in [6.07, 6.45) is 1.45. The number of nitrogens with zero attached hydrogens (tertiary/aromatic N) is 6. The second-order valence-electron chi connectivity index (χ2n) is 3.67. The second kappa shape index (κ2) is 3.77. The van der Waals surface area contributed by atoms with Crippen LogP contribution in [0.25, 0.3) is 0 Å². The fourth-order valence-electron chi connectivity index (χ4n) is 1.64. The third-order valence-electron chi connectivity index (χ3n) is 2.58. The number of hydrogen-bond acceptors (Lipinski definition) is 7. The average Bonchev–Trinajstić information content (AvgIpc) is 2.84. The minimum atomic E-state index is -1.06. The van der Waals surface area contributed by atoms with Gasteiger partial charge >= 0.3 is 5.97 Å². The van der Waals surface area contributed by atoms with Crippen molar-refractivity contribution in [3.63, 3.8) is 0 Å². The molecule has 1 saturated heterocycles. The molecule has 0 spiro atoms. The minimum Gasteiger partial charge on any atom is -0.476 e. The molecule has 2 aromatic rings. The summed E-state index contributed by atoms with van der Waals surface area (Å²) >= 11 is 1.48. The highest BCUT2D eigenvalue weighted by Crippen LogP contribution is 2.27. The fraction of sp³-hybridized carbons (Fsp3) is 0.375. The molecule has 17 heavy (non-hydrogen) atoms. The van der Waals surface area contributed by atoms with Crippen molar-refractivity contribution in [2.24, 2.45) is 0 Å². The van der Waals surface area contributed by atoms with Gasteiger partial charge in [-0.1, -0.05) is 16.6 Å². The molecular formula is C8H8N6O2S. The number of hydrogen-bond donors (Lipinski definition) is 1. The molecule has 2 aromatic heterocycles. The van der Waals surface area contributed by atoms with Crippen LogP contribution < -0.4 is 4.90 Å². The molecule has 0 unspecified atom stereocenters. The van der Waals surface area contributed by atoms with Crippen molar-refractivity contribution in [1.82, 2.24) is 25.2 Å². The van der Waals surface area contributed by atoms with Gasteiger partial charge in [-0.05, 0) is 0 Å². The molecule has 1 fully saturated rings. The van der Waals surface area contributed by atoms with Crippen LogP contribution in [0.4, 0.5) is 5.13 Å². The van der Waals surface area contributed by atoms with Gasteiger partial charge in [0.15, 0.2) is 5.69 Å². The number of carbonyl (C=O) groups is 1. The number of aromatic nitrogens is 5. The zero-order valence-corrected chi connectivity index (χ0v) is 9.41. The van der Waals surface area contributed by atoms with Gasteiger partial charge in [-0.25, -0.2) is 9.48 Å². The van der Waals surface area contributed by atoms with Crippen LogP contribution in [0.3, 0.4) is 0 Å². The summed E-state index contributed by atoms with van der Waals surface area (Å²) in [6, 6.07) is 0.152. The van der Waals surface area contributed by atoms with Gasteiger partial charge in [0.05, 0.1) is 12.2 Å². The average molecular weight is 252 g/mol. The largest absolute Gasteiger partial charge is 0.476 e. The Labute approximate surface area is 99.5 Å². The van der Waals surface area contributed by atoms with Gasteiger partial charge in [-0.2, -0.15) is 0 Å². The number of anilines is 1. The molecule has 0 atom stereocenters. The highest BCUT2D eigenvalue weighted by Gasteiger charge is 2.31. The summed E-state index contributed by atoms with van der Waals surface area (Å²) in [5.74, 6) is -1.06. The van der Waals surface area contributed by atoms with Gasteiger partial charge in [0.25, 0.3) is 0 Å². The van der Waals surface area contributed by atoms with Crippen molar-refractivity contribution in [3.8, 4) is 0 Å². The van der Waals surface area contributed by atoms with Gasteiger partial charge in [0.1, 0.15) is 5.51 Å². The van der Waals surface area contributed by atoms with Gasteiger partial charge in [-0.3, -0.25) is 0 Å². The van der Waals surface area contributed by atoms with E-state index < -0.39 is 5.97 Å². The summed E-state index contributed by atoms with van der Waals surface area (Å²) in [5.41, 5.74) is 1.65. The quantitative estimate of drug-likeness (QED) is 0.813. The SMILES string of the molecule is O=C(O)c1cn(C2CN(c3nncs3)C2)nn1. The van der Waals surface area contributed by atoms with Crippen LogP contribution in [-0.4, -0.2) is 49.4 Å². The standard InChI is InChI=1S/C8H8N6O2S/c15-7(16)6-3-14(12-10-6)5-1-13(2-5)8-11-9-4-17-8/h3-5H,1-2H2,(H,15,16). The molecule has 0 bridgehead atoms. The van der Waals surface area contributed by atoms with E-state index in [4.69, 9.17) is 5.11 Å². The van der Waals surface area contributed by atoms with Crippen molar-refractivity contribution < 1.29 is 9.90 Å². The van der Waals surface area contributed by atoms with E-state index >= 15 is 0 Å². The maximum atomic E-state index is 10.7. The van der Waals surface area contributed by atoms with Gasteiger partial charge < -0.3 is 10.0 Å². The van der Waals surface area contributed by atoms with Crippen LogP contribution in [0, 0.1) is 0 Å². The van der Waals surface area contributed by atoms with Gasteiger partial charge in [-0.15, -0.1) is 15.3 Å². The summed E-state index contributed by atoms with van der Waals surface area (Å²) < 4.78 is 1.58. The molecule has 1 N–H and O–H groups in total. The molecule has 1 aliphatic heterocycles. The topological polar surface area (TPSA) is 97.0 Å². The predicted octanol–water partition coefficient (Wildman–Crippen LogP) is -0.111. The van der Waals surface area contributed by atoms with Gasteiger partial charge in [0.2, 0.25) is 5.13 Å². The lowest BCUT2D eigenvalue weighted by molar-refractivity contribution is 0.0690. The maximum absolute atomic E-state index is 10.7. The Kier molecular flexibility index (Phi) is 2.25. The molecular weight excluding hydrogens is 244 g/mol. The van der Waals surface area contributed by atoms with Crippen molar-refractivity contribution in [1.29, 1.82) is 0 Å². The summed E-state index contributed by atoms with van der Waals surface area (Å²) in [4.78, 5) is 12.7. The first-order chi connectivity index (χ1) is 8.24. The molecule has 0 amide bonds. The number of aromatic carboxylic acids is 1. The Hall–Kier alpha value is -2.03. The highest BCUT2D eigenvalue weighted by molar-refractivity contribution is 7.13. The van der Waals surface area contributed by atoms with E-state index in [-0.39, 0.29) is 11.7 Å². The molecule has 88 valence electrons. The van der Waals surface area contributed by atoms with Crippen molar-refractivity contribution in [3.05, 3.63) is 17.4 Å². The molecule has 9 heteroatoms. The zero-order chi connectivity index (χ0) is 11.8. The predicted molar refractivity (Wildman–Crippen MR) is 58.1 cm³/mol. The van der Waals surface area contributed by atoms with Crippen molar-refractivity contribution in [2.75, 3.05) is 18.0 Å². The van der Waals surface area contributed by atoms with E-state index in [9.17, 15) is 4.79 Å². The third-order valence-corrected chi connectivity index (χ3v) is 3.34. The second-order valence-corrected chi connectivity index (χ2v) is 4.48. The molecule has 0 aromatic carbocycles. The number of rotatable bonds is 3. The molecule has 0 saturated carbocycles. The Balaban J connectivity index is 1.67. The Morgan fingerprint density at radius 2 is 2.29 bits per heavy atom. The zero-order valence-electron chi connectivity index (χ0n) is 8.59. The first-order valence-electron chi connectivity index (χ1n) is 4.90. The van der Waals surface area contributed by atoms with Gasteiger partial charge in [0, 0.05) is 13.1 Å². The molecule has 1 aliphatic rings. The lowest BCUT2D eigenvalue weighted by Crippen LogP contribution is -2.48. The van der Waals surface area contributed by atoms with E-state index in [1.54, 1.807) is 10.2 Å². The highest BCUT2D eigenvalue weighted by atomic mass is 32.1. The molecule has 8 nitrogen and oxygen atoms in total. The van der Waals surface area contributed by atoms with Crippen LogP contribution in [0.5, 0.6) is 0 Å². The number of carboxylic acids is 1. The third kappa shape index (κ3) is 1.73. The van der Waals surface area contributed by atoms with E-state index in [1.165, 1.54) is 17.5 Å². The fourth-order valence-corrected chi connectivity index (χ4v) is 2.22. The number of carboxylic acid groups (broad SMARTS) is 1. The molecule has 3 rings (SSSR count). The normalized spacial score (nSPS) is 15.9. The van der Waals surface area contributed by atoms with E-state index in [0.717, 1.165) is 18.2 Å². The van der Waals surface area contributed by atoms with E-state index in [0.29, 0.717) is 0 Å².